The Hall–Kier alpha value is -0.900. The van der Waals surface area contributed by atoms with E-state index in [0.717, 1.165) is 48.8 Å². The third-order valence-electron chi connectivity index (χ3n) is 4.57. The molecule has 0 aliphatic heterocycles. The van der Waals surface area contributed by atoms with Crippen LogP contribution in [0.2, 0.25) is 0 Å². The number of halogens is 1. The summed E-state index contributed by atoms with van der Waals surface area (Å²) in [5, 5.41) is 7.19. The van der Waals surface area contributed by atoms with Gasteiger partial charge < -0.3 is 15.5 Å². The van der Waals surface area contributed by atoms with Crippen LogP contribution in [0.4, 0.5) is 5.82 Å². The maximum Gasteiger partial charge on any atom is 0.191 e. The Kier molecular flexibility index (Phi) is 10.4. The number of pyridine rings is 1. The Morgan fingerprint density at radius 3 is 2.85 bits per heavy atom. The van der Waals surface area contributed by atoms with Crippen molar-refractivity contribution >= 4 is 46.6 Å². The number of anilines is 1. The van der Waals surface area contributed by atoms with Crippen LogP contribution in [0.25, 0.3) is 0 Å². The molecule has 1 heterocycles. The second-order valence-electron chi connectivity index (χ2n) is 6.64. The lowest BCUT2D eigenvalue weighted by Crippen LogP contribution is -2.46. The van der Waals surface area contributed by atoms with Gasteiger partial charge in [0.1, 0.15) is 5.82 Å². The highest BCUT2D eigenvalue weighted by Crippen LogP contribution is 2.23. The average molecular weight is 493 g/mol. The second kappa shape index (κ2) is 11.7. The molecule has 8 heteroatoms. The molecule has 0 bridgehead atoms. The van der Waals surface area contributed by atoms with Gasteiger partial charge in [0.2, 0.25) is 0 Å². The quantitative estimate of drug-likeness (QED) is 0.362. The van der Waals surface area contributed by atoms with Crippen molar-refractivity contribution in [2.75, 3.05) is 31.8 Å². The molecule has 26 heavy (non-hydrogen) atoms. The summed E-state index contributed by atoms with van der Waals surface area (Å²) in [5.41, 5.74) is 1.16. The predicted octanol–water partition coefficient (Wildman–Crippen LogP) is 2.51. The highest BCUT2D eigenvalue weighted by Gasteiger charge is 2.25. The van der Waals surface area contributed by atoms with Crippen molar-refractivity contribution in [2.24, 2.45) is 4.99 Å². The molecule has 3 atom stereocenters. The minimum Gasteiger partial charge on any atom is -0.363 e. The minimum absolute atomic E-state index is 0. The largest absolute Gasteiger partial charge is 0.363 e. The summed E-state index contributed by atoms with van der Waals surface area (Å²) >= 11 is 0. The number of hydrogen-bond donors (Lipinski definition) is 2. The average Bonchev–Trinajstić information content (AvgIpc) is 2.64. The first-order valence-corrected chi connectivity index (χ1v) is 10.4. The molecule has 2 N–H and O–H groups in total. The monoisotopic (exact) mass is 493 g/mol. The lowest BCUT2D eigenvalue weighted by atomic mass is 9.95. The van der Waals surface area contributed by atoms with Gasteiger partial charge in [0.15, 0.2) is 5.96 Å². The van der Waals surface area contributed by atoms with E-state index in [1.54, 1.807) is 7.05 Å². The Morgan fingerprint density at radius 2 is 2.19 bits per heavy atom. The highest BCUT2D eigenvalue weighted by atomic mass is 127. The van der Waals surface area contributed by atoms with Crippen LogP contribution in [-0.4, -0.2) is 53.3 Å². The first-order valence-electron chi connectivity index (χ1n) is 9.00. The highest BCUT2D eigenvalue weighted by molar-refractivity contribution is 14.0. The van der Waals surface area contributed by atoms with Crippen LogP contribution < -0.4 is 15.5 Å². The number of aromatic nitrogens is 1. The number of rotatable bonds is 6. The number of aliphatic imine (C=N–C) groups is 1. The van der Waals surface area contributed by atoms with Crippen molar-refractivity contribution in [3.05, 3.63) is 23.9 Å². The van der Waals surface area contributed by atoms with E-state index in [-0.39, 0.29) is 24.0 Å². The summed E-state index contributed by atoms with van der Waals surface area (Å²) in [6.45, 7) is 2.70. The normalized spacial score (nSPS) is 21.5. The first-order chi connectivity index (χ1) is 12.0. The van der Waals surface area contributed by atoms with E-state index in [4.69, 9.17) is 0 Å². The van der Waals surface area contributed by atoms with E-state index < -0.39 is 10.8 Å². The molecule has 0 aromatic carbocycles. The van der Waals surface area contributed by atoms with Crippen LogP contribution in [0, 0.1) is 0 Å². The summed E-state index contributed by atoms with van der Waals surface area (Å²) in [6, 6.07) is 4.42. The van der Waals surface area contributed by atoms with Crippen molar-refractivity contribution in [1.82, 2.24) is 15.6 Å². The predicted molar refractivity (Wildman–Crippen MR) is 122 cm³/mol. The van der Waals surface area contributed by atoms with Crippen molar-refractivity contribution < 1.29 is 4.21 Å². The molecule has 0 radical (unpaired) electrons. The molecule has 1 aliphatic carbocycles. The summed E-state index contributed by atoms with van der Waals surface area (Å²) in [5.74, 6) is 2.50. The van der Waals surface area contributed by atoms with Crippen LogP contribution in [0.3, 0.4) is 0 Å². The summed E-state index contributed by atoms with van der Waals surface area (Å²) in [7, 11) is 5.06. The second-order valence-corrected chi connectivity index (χ2v) is 8.65. The fraction of sp³-hybridized carbons (Fsp3) is 0.667. The van der Waals surface area contributed by atoms with E-state index in [1.807, 2.05) is 38.2 Å². The zero-order valence-electron chi connectivity index (χ0n) is 16.2. The fourth-order valence-corrected chi connectivity index (χ4v) is 4.49. The Morgan fingerprint density at radius 1 is 1.42 bits per heavy atom. The van der Waals surface area contributed by atoms with E-state index in [9.17, 15) is 4.21 Å². The molecule has 1 aromatic rings. The molecule has 0 amide bonds. The Balaban J connectivity index is 0.00000338. The SMILES string of the molecule is CCS(=O)C1CCCC(NC(=NC)NCc2ccnc(N(C)C)c2)C1.I. The molecule has 148 valence electrons. The molecule has 1 aliphatic rings. The number of hydrogen-bond acceptors (Lipinski definition) is 4. The van der Waals surface area contributed by atoms with E-state index in [2.05, 4.69) is 26.7 Å². The third kappa shape index (κ3) is 7.02. The smallest absolute Gasteiger partial charge is 0.191 e. The van der Waals surface area contributed by atoms with Gasteiger partial charge in [-0.3, -0.25) is 9.20 Å². The van der Waals surface area contributed by atoms with E-state index >= 15 is 0 Å². The molecule has 1 aromatic heterocycles. The van der Waals surface area contributed by atoms with Gasteiger partial charge in [-0.25, -0.2) is 4.98 Å². The molecule has 3 unspecified atom stereocenters. The molecule has 0 spiro atoms. The Bertz CT molecular complexity index is 611. The zero-order chi connectivity index (χ0) is 18.2. The van der Waals surface area contributed by atoms with Crippen molar-refractivity contribution in [3.63, 3.8) is 0 Å². The van der Waals surface area contributed by atoms with Gasteiger partial charge in [0.25, 0.3) is 0 Å². The zero-order valence-corrected chi connectivity index (χ0v) is 19.3. The van der Waals surface area contributed by atoms with Gasteiger partial charge in [-0.1, -0.05) is 13.3 Å². The van der Waals surface area contributed by atoms with Crippen molar-refractivity contribution in [2.45, 2.75) is 50.4 Å². The lowest BCUT2D eigenvalue weighted by molar-refractivity contribution is 0.413. The van der Waals surface area contributed by atoms with Crippen molar-refractivity contribution in [3.8, 4) is 0 Å². The molecule has 1 saturated carbocycles. The fourth-order valence-electron chi connectivity index (χ4n) is 3.14. The standard InChI is InChI=1S/C18H31N5OS.HI/c1-5-25(24)16-8-6-7-15(12-16)22-18(19-2)21-13-14-9-10-20-17(11-14)23(3)4;/h9-11,15-16H,5-8,12-13H2,1-4H3,(H2,19,21,22);1H. The molecule has 6 nitrogen and oxygen atoms in total. The third-order valence-corrected chi connectivity index (χ3v) is 6.32. The van der Waals surface area contributed by atoms with Crippen LogP contribution in [0.15, 0.2) is 23.3 Å². The lowest BCUT2D eigenvalue weighted by Gasteiger charge is -2.30. The van der Waals surface area contributed by atoms with Gasteiger partial charge in [0, 0.05) is 61.7 Å². The summed E-state index contributed by atoms with van der Waals surface area (Å²) in [6.07, 6.45) is 6.10. The van der Waals surface area contributed by atoms with Crippen molar-refractivity contribution in [1.29, 1.82) is 0 Å². The van der Waals surface area contributed by atoms with Gasteiger partial charge >= 0.3 is 0 Å². The van der Waals surface area contributed by atoms with E-state index in [1.165, 1.54) is 0 Å². The van der Waals surface area contributed by atoms with Gasteiger partial charge in [-0.05, 0) is 37.0 Å². The molecular weight excluding hydrogens is 461 g/mol. The molecule has 2 rings (SSSR count). The number of guanidine groups is 1. The molecule has 1 fully saturated rings. The topological polar surface area (TPSA) is 69.6 Å². The summed E-state index contributed by atoms with van der Waals surface area (Å²) in [4.78, 5) is 10.7. The van der Waals surface area contributed by atoms with Crippen LogP contribution in [0.1, 0.15) is 38.2 Å². The summed E-state index contributed by atoms with van der Waals surface area (Å²) < 4.78 is 12.1. The van der Waals surface area contributed by atoms with Crippen LogP contribution >= 0.6 is 24.0 Å². The van der Waals surface area contributed by atoms with Gasteiger partial charge in [-0.2, -0.15) is 0 Å². The van der Waals surface area contributed by atoms with Crippen LogP contribution in [-0.2, 0) is 17.3 Å². The maximum atomic E-state index is 12.1. The van der Waals surface area contributed by atoms with Crippen LogP contribution in [0.5, 0.6) is 0 Å². The minimum atomic E-state index is -0.703. The molecule has 0 saturated heterocycles. The first kappa shape index (κ1) is 23.1. The Labute approximate surface area is 177 Å². The maximum absolute atomic E-state index is 12.1. The van der Waals surface area contributed by atoms with Gasteiger partial charge in [-0.15, -0.1) is 24.0 Å². The number of nitrogens with zero attached hydrogens (tertiary/aromatic N) is 3. The number of nitrogens with one attached hydrogen (secondary N) is 2. The van der Waals surface area contributed by atoms with Gasteiger partial charge in [0.05, 0.1) is 0 Å². The van der Waals surface area contributed by atoms with E-state index in [0.29, 0.717) is 17.8 Å². The molecular formula is C18H32IN5OS.